The molecule has 1 unspecified atom stereocenters. The topological polar surface area (TPSA) is 49.4 Å². The number of nitrogens with zero attached hydrogens (tertiary/aromatic N) is 1. The second-order valence-corrected chi connectivity index (χ2v) is 5.68. The molecule has 19 heavy (non-hydrogen) atoms. The number of amides is 2. The number of imide groups is 1. The molecule has 1 N–H and O–H groups in total. The Hall–Kier alpha value is -1.49. The van der Waals surface area contributed by atoms with Crippen LogP contribution in [0.25, 0.3) is 0 Å². The van der Waals surface area contributed by atoms with E-state index in [-0.39, 0.29) is 11.1 Å². The first-order valence-corrected chi connectivity index (χ1v) is 7.35. The van der Waals surface area contributed by atoms with Gasteiger partial charge in [-0.05, 0) is 42.8 Å². The molecule has 0 aliphatic carbocycles. The molecule has 1 aromatic carbocycles. The third kappa shape index (κ3) is 3.29. The average Bonchev–Trinajstić information content (AvgIpc) is 2.62. The SMILES string of the molecule is CCCCN1C(=O)SC(Nc2cccc(C)c2)C1=O. The number of anilines is 1. The third-order valence-electron chi connectivity index (χ3n) is 2.98. The van der Waals surface area contributed by atoms with Gasteiger partial charge in [0.05, 0.1) is 0 Å². The summed E-state index contributed by atoms with van der Waals surface area (Å²) < 4.78 is 0. The summed E-state index contributed by atoms with van der Waals surface area (Å²) in [5.41, 5.74) is 1.99. The number of carbonyl (C=O) groups excluding carboxylic acids is 2. The van der Waals surface area contributed by atoms with Crippen molar-refractivity contribution in [2.75, 3.05) is 11.9 Å². The van der Waals surface area contributed by atoms with E-state index in [1.807, 2.05) is 38.1 Å². The van der Waals surface area contributed by atoms with E-state index in [4.69, 9.17) is 0 Å². The highest BCUT2D eigenvalue weighted by Gasteiger charge is 2.39. The molecule has 1 fully saturated rings. The van der Waals surface area contributed by atoms with Gasteiger partial charge < -0.3 is 5.32 Å². The van der Waals surface area contributed by atoms with Crippen molar-refractivity contribution in [3.63, 3.8) is 0 Å². The van der Waals surface area contributed by atoms with Gasteiger partial charge >= 0.3 is 0 Å². The van der Waals surface area contributed by atoms with Crippen molar-refractivity contribution in [3.8, 4) is 0 Å². The van der Waals surface area contributed by atoms with Crippen LogP contribution in [0.3, 0.4) is 0 Å². The molecule has 1 saturated heterocycles. The van der Waals surface area contributed by atoms with E-state index in [1.165, 1.54) is 4.90 Å². The molecular formula is C14H18N2O2S. The van der Waals surface area contributed by atoms with Crippen LogP contribution in [0.5, 0.6) is 0 Å². The average molecular weight is 278 g/mol. The highest BCUT2D eigenvalue weighted by Crippen LogP contribution is 2.28. The van der Waals surface area contributed by atoms with Crippen LogP contribution >= 0.6 is 11.8 Å². The maximum atomic E-state index is 12.1. The van der Waals surface area contributed by atoms with E-state index in [0.717, 1.165) is 35.9 Å². The summed E-state index contributed by atoms with van der Waals surface area (Å²) in [5.74, 6) is -0.134. The summed E-state index contributed by atoms with van der Waals surface area (Å²) in [7, 11) is 0. The van der Waals surface area contributed by atoms with Crippen LogP contribution in [0.4, 0.5) is 10.5 Å². The largest absolute Gasteiger partial charge is 0.365 e. The van der Waals surface area contributed by atoms with Crippen LogP contribution in [0, 0.1) is 6.92 Å². The predicted octanol–water partition coefficient (Wildman–Crippen LogP) is 3.23. The van der Waals surface area contributed by atoms with Gasteiger partial charge in [0, 0.05) is 12.2 Å². The Morgan fingerprint density at radius 2 is 2.16 bits per heavy atom. The van der Waals surface area contributed by atoms with E-state index >= 15 is 0 Å². The lowest BCUT2D eigenvalue weighted by Gasteiger charge is -2.14. The van der Waals surface area contributed by atoms with Gasteiger partial charge in [-0.2, -0.15) is 0 Å². The van der Waals surface area contributed by atoms with Gasteiger partial charge in [0.1, 0.15) is 0 Å². The molecule has 0 aromatic heterocycles. The Balaban J connectivity index is 2.02. The van der Waals surface area contributed by atoms with Gasteiger partial charge in [0.15, 0.2) is 5.37 Å². The van der Waals surface area contributed by atoms with Gasteiger partial charge in [0.2, 0.25) is 0 Å². The van der Waals surface area contributed by atoms with Crippen LogP contribution < -0.4 is 5.32 Å². The Morgan fingerprint density at radius 3 is 2.84 bits per heavy atom. The molecule has 102 valence electrons. The zero-order valence-electron chi connectivity index (χ0n) is 11.2. The molecule has 2 rings (SSSR count). The molecule has 5 heteroatoms. The third-order valence-corrected chi connectivity index (χ3v) is 3.96. The van der Waals surface area contributed by atoms with Gasteiger partial charge in [0.25, 0.3) is 11.1 Å². The molecule has 4 nitrogen and oxygen atoms in total. The summed E-state index contributed by atoms with van der Waals surface area (Å²) in [4.78, 5) is 25.3. The quantitative estimate of drug-likeness (QED) is 0.898. The smallest absolute Gasteiger partial charge is 0.290 e. The first kappa shape index (κ1) is 13.9. The van der Waals surface area contributed by atoms with Gasteiger partial charge in [-0.15, -0.1) is 0 Å². The standard InChI is InChI=1S/C14H18N2O2S/c1-3-4-8-16-13(17)12(19-14(16)18)15-11-7-5-6-10(2)9-11/h5-7,9,12,15H,3-4,8H2,1-2H3. The second-order valence-electron chi connectivity index (χ2n) is 4.62. The van der Waals surface area contributed by atoms with Crippen LogP contribution in [0.1, 0.15) is 25.3 Å². The van der Waals surface area contributed by atoms with Crippen molar-refractivity contribution >= 4 is 28.6 Å². The molecular weight excluding hydrogens is 260 g/mol. The van der Waals surface area contributed by atoms with Crippen LogP contribution in [-0.4, -0.2) is 28.0 Å². The predicted molar refractivity (Wildman–Crippen MR) is 78.2 cm³/mol. The van der Waals surface area contributed by atoms with Crippen molar-refractivity contribution < 1.29 is 9.59 Å². The number of benzene rings is 1. The van der Waals surface area contributed by atoms with Crippen LogP contribution in [0.15, 0.2) is 24.3 Å². The summed E-state index contributed by atoms with van der Waals surface area (Å²) in [6.07, 6.45) is 1.83. The minimum Gasteiger partial charge on any atom is -0.365 e. The van der Waals surface area contributed by atoms with Gasteiger partial charge in [-0.25, -0.2) is 0 Å². The molecule has 2 amide bonds. The number of aryl methyl sites for hydroxylation is 1. The fourth-order valence-electron chi connectivity index (χ4n) is 1.94. The van der Waals surface area contributed by atoms with Crippen molar-refractivity contribution in [2.45, 2.75) is 32.1 Å². The monoisotopic (exact) mass is 278 g/mol. The summed E-state index contributed by atoms with van der Waals surface area (Å²) >= 11 is 1.06. The van der Waals surface area contributed by atoms with E-state index < -0.39 is 5.37 Å². The molecule has 0 spiro atoms. The van der Waals surface area contributed by atoms with Crippen LogP contribution in [-0.2, 0) is 4.79 Å². The lowest BCUT2D eigenvalue weighted by molar-refractivity contribution is -0.126. The zero-order chi connectivity index (χ0) is 13.8. The maximum Gasteiger partial charge on any atom is 0.290 e. The van der Waals surface area contributed by atoms with E-state index in [2.05, 4.69) is 5.32 Å². The highest BCUT2D eigenvalue weighted by molar-refractivity contribution is 8.15. The summed E-state index contributed by atoms with van der Waals surface area (Å²) in [6, 6.07) is 7.79. The van der Waals surface area contributed by atoms with Gasteiger partial charge in [-0.3, -0.25) is 14.5 Å². The first-order valence-electron chi connectivity index (χ1n) is 6.47. The number of thioether (sulfide) groups is 1. The van der Waals surface area contributed by atoms with Crippen LogP contribution in [0.2, 0.25) is 0 Å². The summed E-state index contributed by atoms with van der Waals surface area (Å²) in [5, 5.41) is 2.48. The molecule has 1 aliphatic heterocycles. The van der Waals surface area contributed by atoms with E-state index in [0.29, 0.717) is 6.54 Å². The number of unbranched alkanes of at least 4 members (excludes halogenated alkanes) is 1. The normalized spacial score (nSPS) is 19.1. The van der Waals surface area contributed by atoms with Crippen molar-refractivity contribution in [2.24, 2.45) is 0 Å². The Bertz CT molecular complexity index is 490. The Labute approximate surface area is 117 Å². The van der Waals surface area contributed by atoms with E-state index in [1.54, 1.807) is 0 Å². The number of nitrogens with one attached hydrogen (secondary N) is 1. The fraction of sp³-hybridized carbons (Fsp3) is 0.429. The minimum absolute atomic E-state index is 0.134. The summed E-state index contributed by atoms with van der Waals surface area (Å²) in [6.45, 7) is 4.56. The fourth-order valence-corrected chi connectivity index (χ4v) is 2.87. The minimum atomic E-state index is -0.494. The number of carbonyl (C=O) groups is 2. The molecule has 1 aromatic rings. The lowest BCUT2D eigenvalue weighted by atomic mass is 10.2. The Kier molecular flexibility index (Phi) is 4.47. The van der Waals surface area contributed by atoms with Crippen molar-refractivity contribution in [1.82, 2.24) is 4.90 Å². The molecule has 0 radical (unpaired) electrons. The molecule has 0 bridgehead atoms. The zero-order valence-corrected chi connectivity index (χ0v) is 12.0. The molecule has 0 saturated carbocycles. The number of rotatable bonds is 5. The number of hydrogen-bond donors (Lipinski definition) is 1. The van der Waals surface area contributed by atoms with Gasteiger partial charge in [-0.1, -0.05) is 25.5 Å². The highest BCUT2D eigenvalue weighted by atomic mass is 32.2. The lowest BCUT2D eigenvalue weighted by Crippen LogP contribution is -2.35. The second kappa shape index (κ2) is 6.10. The maximum absolute atomic E-state index is 12.1. The molecule has 1 atom stereocenters. The van der Waals surface area contributed by atoms with Crippen molar-refractivity contribution in [1.29, 1.82) is 0 Å². The first-order chi connectivity index (χ1) is 9.11. The molecule has 1 aliphatic rings. The van der Waals surface area contributed by atoms with E-state index in [9.17, 15) is 9.59 Å². The molecule has 1 heterocycles. The Morgan fingerprint density at radius 1 is 1.37 bits per heavy atom. The van der Waals surface area contributed by atoms with Crippen molar-refractivity contribution in [3.05, 3.63) is 29.8 Å². The number of hydrogen-bond acceptors (Lipinski definition) is 4.